The summed E-state index contributed by atoms with van der Waals surface area (Å²) in [4.78, 5) is 16.8. The van der Waals surface area contributed by atoms with Gasteiger partial charge in [0.1, 0.15) is 5.76 Å². The Kier molecular flexibility index (Phi) is 5.13. The standard InChI is InChI=1S/C16H19NO4S/c1-9-10(2)21-16(17-9)22-11(3)15(18)12-6-7-13(19-4)14(8-12)20-5/h6-8,11H,1-5H3/t11-/m0/s1. The molecule has 2 aromatic rings. The van der Waals surface area contributed by atoms with Gasteiger partial charge in [0.05, 0.1) is 25.2 Å². The van der Waals surface area contributed by atoms with Crippen LogP contribution in [-0.2, 0) is 0 Å². The Morgan fingerprint density at radius 1 is 1.23 bits per heavy atom. The molecule has 0 amide bonds. The lowest BCUT2D eigenvalue weighted by molar-refractivity contribution is 0.0993. The van der Waals surface area contributed by atoms with E-state index < -0.39 is 0 Å². The molecule has 0 aliphatic heterocycles. The summed E-state index contributed by atoms with van der Waals surface area (Å²) in [6.45, 7) is 5.56. The Labute approximate surface area is 134 Å². The predicted molar refractivity (Wildman–Crippen MR) is 85.2 cm³/mol. The zero-order chi connectivity index (χ0) is 16.3. The molecular weight excluding hydrogens is 302 g/mol. The van der Waals surface area contributed by atoms with Crippen LogP contribution in [0, 0.1) is 13.8 Å². The van der Waals surface area contributed by atoms with Gasteiger partial charge in [-0.15, -0.1) is 0 Å². The number of nitrogens with zero attached hydrogens (tertiary/aromatic N) is 1. The Bertz CT molecular complexity index is 661. The average Bonchev–Trinajstić information content (AvgIpc) is 2.83. The first-order valence-electron chi connectivity index (χ1n) is 6.83. The summed E-state index contributed by atoms with van der Waals surface area (Å²) in [6, 6.07) is 5.14. The van der Waals surface area contributed by atoms with Crippen LogP contribution in [-0.4, -0.2) is 30.2 Å². The number of ketones is 1. The van der Waals surface area contributed by atoms with Crippen molar-refractivity contribution in [2.24, 2.45) is 0 Å². The number of rotatable bonds is 6. The van der Waals surface area contributed by atoms with Crippen molar-refractivity contribution < 1.29 is 18.7 Å². The van der Waals surface area contributed by atoms with Crippen LogP contribution in [0.15, 0.2) is 27.8 Å². The molecule has 0 bridgehead atoms. The van der Waals surface area contributed by atoms with E-state index in [0.29, 0.717) is 22.3 Å². The molecule has 0 spiro atoms. The molecular formula is C16H19NO4S. The molecule has 0 radical (unpaired) electrons. The smallest absolute Gasteiger partial charge is 0.256 e. The van der Waals surface area contributed by atoms with Crippen LogP contribution in [0.4, 0.5) is 0 Å². The van der Waals surface area contributed by atoms with E-state index in [1.54, 1.807) is 32.4 Å². The van der Waals surface area contributed by atoms with Crippen molar-refractivity contribution in [3.63, 3.8) is 0 Å². The summed E-state index contributed by atoms with van der Waals surface area (Å²) >= 11 is 1.31. The molecule has 0 N–H and O–H groups in total. The van der Waals surface area contributed by atoms with Crippen LogP contribution >= 0.6 is 11.8 Å². The molecule has 1 atom stereocenters. The largest absolute Gasteiger partial charge is 0.493 e. The molecule has 0 unspecified atom stereocenters. The second-order valence-electron chi connectivity index (χ2n) is 4.82. The zero-order valence-electron chi connectivity index (χ0n) is 13.3. The SMILES string of the molecule is COc1ccc(C(=O)[C@H](C)Sc2nc(C)c(C)o2)cc1OC. The normalized spacial score (nSPS) is 12.0. The lowest BCUT2D eigenvalue weighted by atomic mass is 10.1. The molecule has 5 nitrogen and oxygen atoms in total. The van der Waals surface area contributed by atoms with Crippen molar-refractivity contribution in [3.8, 4) is 11.5 Å². The van der Waals surface area contributed by atoms with Gasteiger partial charge in [-0.3, -0.25) is 4.79 Å². The summed E-state index contributed by atoms with van der Waals surface area (Å²) in [5.74, 6) is 1.89. The number of aromatic nitrogens is 1. The van der Waals surface area contributed by atoms with Gasteiger partial charge in [0, 0.05) is 5.56 Å². The molecule has 0 fully saturated rings. The van der Waals surface area contributed by atoms with Crippen molar-refractivity contribution in [3.05, 3.63) is 35.2 Å². The number of aryl methyl sites for hydroxylation is 2. The first-order valence-corrected chi connectivity index (χ1v) is 7.71. The molecule has 118 valence electrons. The summed E-state index contributed by atoms with van der Waals surface area (Å²) in [5, 5.41) is 0.201. The molecule has 1 aromatic carbocycles. The van der Waals surface area contributed by atoms with Crippen LogP contribution in [0.3, 0.4) is 0 Å². The molecule has 2 rings (SSSR count). The summed E-state index contributed by atoms with van der Waals surface area (Å²) in [6.07, 6.45) is 0. The van der Waals surface area contributed by atoms with Crippen molar-refractivity contribution in [2.45, 2.75) is 31.2 Å². The molecule has 1 aromatic heterocycles. The van der Waals surface area contributed by atoms with E-state index in [1.807, 2.05) is 20.8 Å². The fourth-order valence-corrected chi connectivity index (χ4v) is 2.83. The minimum Gasteiger partial charge on any atom is -0.493 e. The highest BCUT2D eigenvalue weighted by Crippen LogP contribution is 2.31. The number of ether oxygens (including phenoxy) is 2. The fraction of sp³-hybridized carbons (Fsp3) is 0.375. The maximum Gasteiger partial charge on any atom is 0.256 e. The van der Waals surface area contributed by atoms with Gasteiger partial charge in [0.15, 0.2) is 17.3 Å². The third-order valence-corrected chi connectivity index (χ3v) is 4.27. The van der Waals surface area contributed by atoms with Crippen molar-refractivity contribution in [1.29, 1.82) is 0 Å². The number of oxazole rings is 1. The Balaban J connectivity index is 2.16. The Morgan fingerprint density at radius 2 is 1.91 bits per heavy atom. The first kappa shape index (κ1) is 16.4. The Hall–Kier alpha value is -1.95. The molecule has 6 heteroatoms. The van der Waals surface area contributed by atoms with Gasteiger partial charge in [0.2, 0.25) is 0 Å². The lowest BCUT2D eigenvalue weighted by Crippen LogP contribution is -2.13. The minimum atomic E-state index is -0.310. The number of carbonyl (C=O) groups excluding carboxylic acids is 1. The van der Waals surface area contributed by atoms with Gasteiger partial charge in [0.25, 0.3) is 5.22 Å². The number of methoxy groups -OCH3 is 2. The van der Waals surface area contributed by atoms with Crippen molar-refractivity contribution >= 4 is 17.5 Å². The van der Waals surface area contributed by atoms with Crippen molar-refractivity contribution in [1.82, 2.24) is 4.98 Å². The highest BCUT2D eigenvalue weighted by molar-refractivity contribution is 8.00. The van der Waals surface area contributed by atoms with Crippen LogP contribution in [0.5, 0.6) is 11.5 Å². The highest BCUT2D eigenvalue weighted by atomic mass is 32.2. The van der Waals surface area contributed by atoms with Crippen LogP contribution in [0.1, 0.15) is 28.7 Å². The third-order valence-electron chi connectivity index (χ3n) is 3.32. The molecule has 0 aliphatic carbocycles. The second kappa shape index (κ2) is 6.87. The minimum absolute atomic E-state index is 0.0144. The van der Waals surface area contributed by atoms with Crippen molar-refractivity contribution in [2.75, 3.05) is 14.2 Å². The van der Waals surface area contributed by atoms with Crippen LogP contribution < -0.4 is 9.47 Å². The third kappa shape index (κ3) is 3.44. The molecule has 0 aliphatic rings. The van der Waals surface area contributed by atoms with Gasteiger partial charge in [-0.25, -0.2) is 4.98 Å². The van der Waals surface area contributed by atoms with Gasteiger partial charge in [-0.2, -0.15) is 0 Å². The number of benzene rings is 1. The van der Waals surface area contributed by atoms with E-state index in [-0.39, 0.29) is 11.0 Å². The first-order chi connectivity index (χ1) is 10.5. The topological polar surface area (TPSA) is 61.6 Å². The number of carbonyl (C=O) groups is 1. The molecule has 0 saturated heterocycles. The number of Topliss-reactive ketones (excluding diaryl/α,β-unsaturated/α-hetero) is 1. The van der Waals surface area contributed by atoms with E-state index in [2.05, 4.69) is 4.98 Å². The quantitative estimate of drug-likeness (QED) is 0.597. The predicted octanol–water partition coefficient (Wildman–Crippen LogP) is 3.67. The summed E-state index contributed by atoms with van der Waals surface area (Å²) < 4.78 is 15.9. The monoisotopic (exact) mass is 321 g/mol. The molecule has 1 heterocycles. The molecule has 22 heavy (non-hydrogen) atoms. The van der Waals surface area contributed by atoms with Crippen LogP contribution in [0.25, 0.3) is 0 Å². The van der Waals surface area contributed by atoms with E-state index >= 15 is 0 Å². The maximum atomic E-state index is 12.5. The number of hydrogen-bond acceptors (Lipinski definition) is 6. The van der Waals surface area contributed by atoms with E-state index in [4.69, 9.17) is 13.9 Å². The number of thioether (sulfide) groups is 1. The van der Waals surface area contributed by atoms with E-state index in [0.717, 1.165) is 11.5 Å². The zero-order valence-corrected chi connectivity index (χ0v) is 14.1. The summed E-state index contributed by atoms with van der Waals surface area (Å²) in [5.41, 5.74) is 1.41. The van der Waals surface area contributed by atoms with Gasteiger partial charge >= 0.3 is 0 Å². The van der Waals surface area contributed by atoms with E-state index in [1.165, 1.54) is 11.8 Å². The van der Waals surface area contributed by atoms with Gasteiger partial charge < -0.3 is 13.9 Å². The summed E-state index contributed by atoms with van der Waals surface area (Å²) in [7, 11) is 3.10. The Morgan fingerprint density at radius 3 is 2.45 bits per heavy atom. The number of hydrogen-bond donors (Lipinski definition) is 0. The van der Waals surface area contributed by atoms with E-state index in [9.17, 15) is 4.79 Å². The van der Waals surface area contributed by atoms with Crippen LogP contribution in [0.2, 0.25) is 0 Å². The fourth-order valence-electron chi connectivity index (χ4n) is 1.92. The highest BCUT2D eigenvalue weighted by Gasteiger charge is 2.21. The average molecular weight is 321 g/mol. The van der Waals surface area contributed by atoms with Gasteiger partial charge in [-0.1, -0.05) is 11.8 Å². The molecule has 0 saturated carbocycles. The van der Waals surface area contributed by atoms with Gasteiger partial charge in [-0.05, 0) is 39.0 Å². The lowest BCUT2D eigenvalue weighted by Gasteiger charge is -2.11. The second-order valence-corrected chi connectivity index (χ2v) is 6.11. The maximum absolute atomic E-state index is 12.5.